The number of fused-ring (bicyclic) bond motifs is 1. The average Bonchev–Trinajstić information content (AvgIpc) is 2.64. The molecule has 2 heterocycles. The van der Waals surface area contributed by atoms with Crippen molar-refractivity contribution in [3.63, 3.8) is 0 Å². The highest BCUT2D eigenvalue weighted by molar-refractivity contribution is 7.84. The molecule has 2 bridgehead atoms. The predicted molar refractivity (Wildman–Crippen MR) is 138 cm³/mol. The molecule has 0 aromatic carbocycles. The molecule has 3 aliphatic rings. The molecule has 0 amide bonds. The van der Waals surface area contributed by atoms with Gasteiger partial charge in [-0.2, -0.15) is 0 Å². The molecular weight excluding hydrogens is 435 g/mol. The van der Waals surface area contributed by atoms with Crippen molar-refractivity contribution in [2.75, 3.05) is 0 Å². The normalized spacial score (nSPS) is 34.0. The molecular formula is C25H39NO2SSi2. The van der Waals surface area contributed by atoms with E-state index in [1.807, 2.05) is 12.2 Å². The van der Waals surface area contributed by atoms with Gasteiger partial charge in [0.1, 0.15) is 22.3 Å². The molecule has 2 saturated heterocycles. The average molecular weight is 474 g/mol. The van der Waals surface area contributed by atoms with Crippen LogP contribution in [0.5, 0.6) is 0 Å². The van der Waals surface area contributed by atoms with Crippen LogP contribution in [0.15, 0.2) is 24.3 Å². The topological polar surface area (TPSA) is 35.5 Å². The molecule has 1 spiro atoms. The van der Waals surface area contributed by atoms with Gasteiger partial charge in [-0.15, -0.1) is 15.3 Å². The Labute approximate surface area is 195 Å². The third-order valence-corrected chi connectivity index (χ3v) is 9.48. The Balaban J connectivity index is 1.80. The number of hydrogen-bond acceptors (Lipinski definition) is 3. The summed E-state index contributed by atoms with van der Waals surface area (Å²) in [5.74, 6) is 6.79. The number of nitrogens with zero attached hydrogens (tertiary/aromatic N) is 1. The molecule has 31 heavy (non-hydrogen) atoms. The predicted octanol–water partition coefficient (Wildman–Crippen LogP) is 5.62. The Morgan fingerprint density at radius 2 is 1.61 bits per heavy atom. The van der Waals surface area contributed by atoms with Gasteiger partial charge in [0, 0.05) is 5.92 Å². The monoisotopic (exact) mass is 473 g/mol. The first kappa shape index (κ1) is 24.9. The fourth-order valence-corrected chi connectivity index (χ4v) is 7.67. The van der Waals surface area contributed by atoms with E-state index in [2.05, 4.69) is 78.7 Å². The minimum atomic E-state index is -1.38. The lowest BCUT2D eigenvalue weighted by atomic mass is 9.66. The highest BCUT2D eigenvalue weighted by Gasteiger charge is 2.62. The molecule has 0 N–H and O–H groups in total. The second-order valence-corrected chi connectivity index (χ2v) is 21.8. The van der Waals surface area contributed by atoms with Crippen molar-refractivity contribution < 1.29 is 8.74 Å². The molecule has 0 radical (unpaired) electrons. The van der Waals surface area contributed by atoms with Crippen LogP contribution in [0.2, 0.25) is 39.3 Å². The van der Waals surface area contributed by atoms with E-state index in [1.54, 1.807) is 0 Å². The van der Waals surface area contributed by atoms with Crippen molar-refractivity contribution in [1.29, 1.82) is 0 Å². The Bertz CT molecular complexity index is 817. The van der Waals surface area contributed by atoms with Crippen molar-refractivity contribution >= 4 is 27.8 Å². The summed E-state index contributed by atoms with van der Waals surface area (Å²) < 4.78 is 21.5. The van der Waals surface area contributed by atoms with E-state index in [4.69, 9.17) is 4.18 Å². The first-order chi connectivity index (χ1) is 14.5. The van der Waals surface area contributed by atoms with E-state index in [1.165, 1.54) is 6.42 Å². The van der Waals surface area contributed by atoms with E-state index < -0.39 is 27.8 Å². The zero-order chi connectivity index (χ0) is 22.7. The first-order valence-electron chi connectivity index (χ1n) is 11.8. The van der Waals surface area contributed by atoms with Gasteiger partial charge in [-0.1, -0.05) is 67.6 Å². The summed E-state index contributed by atoms with van der Waals surface area (Å²) in [6.45, 7) is 13.6. The van der Waals surface area contributed by atoms with Gasteiger partial charge in [-0.25, -0.2) is 0 Å². The lowest BCUT2D eigenvalue weighted by Crippen LogP contribution is -2.69. The highest BCUT2D eigenvalue weighted by atomic mass is 32.2. The number of hydrogen-bond donors (Lipinski definition) is 0. The summed E-state index contributed by atoms with van der Waals surface area (Å²) in [7, 11) is -2.73. The van der Waals surface area contributed by atoms with Gasteiger partial charge < -0.3 is 4.55 Å². The molecule has 5 unspecified atom stereocenters. The fourth-order valence-electron chi connectivity index (χ4n) is 5.08. The van der Waals surface area contributed by atoms with Crippen molar-refractivity contribution in [3.05, 3.63) is 24.3 Å². The molecule has 6 heteroatoms. The molecule has 0 aromatic heterocycles. The van der Waals surface area contributed by atoms with Crippen molar-refractivity contribution in [2.24, 2.45) is 5.92 Å². The first-order valence-corrected chi connectivity index (χ1v) is 19.8. The Hall–Kier alpha value is -0.736. The Kier molecular flexibility index (Phi) is 8.06. The van der Waals surface area contributed by atoms with Crippen LogP contribution in [0.3, 0.4) is 0 Å². The summed E-state index contributed by atoms with van der Waals surface area (Å²) in [5.41, 5.74) is 6.77. The summed E-state index contributed by atoms with van der Waals surface area (Å²) in [6.07, 6.45) is 16.0. The van der Waals surface area contributed by atoms with Crippen LogP contribution in [0.1, 0.15) is 44.9 Å². The second kappa shape index (κ2) is 10.0. The second-order valence-electron chi connectivity index (χ2n) is 11.3. The van der Waals surface area contributed by atoms with Gasteiger partial charge in [0.25, 0.3) is 0 Å². The van der Waals surface area contributed by atoms with E-state index >= 15 is 0 Å². The summed E-state index contributed by atoms with van der Waals surface area (Å²) in [5, 5.41) is 0. The Morgan fingerprint density at radius 1 is 1.00 bits per heavy atom. The van der Waals surface area contributed by atoms with Crippen molar-refractivity contribution in [1.82, 2.24) is 4.31 Å². The maximum absolute atomic E-state index is 13.2. The summed E-state index contributed by atoms with van der Waals surface area (Å²) >= 11 is -1.36. The molecule has 5 atom stereocenters. The van der Waals surface area contributed by atoms with Crippen molar-refractivity contribution in [3.8, 4) is 22.9 Å². The number of piperidine rings is 1. The lowest BCUT2D eigenvalue weighted by molar-refractivity contribution is -0.0772. The zero-order valence-corrected chi connectivity index (χ0v) is 23.0. The van der Waals surface area contributed by atoms with E-state index in [-0.39, 0.29) is 23.6 Å². The fraction of sp³-hybridized carbons (Fsp3) is 0.680. The van der Waals surface area contributed by atoms with Crippen LogP contribution in [0.25, 0.3) is 0 Å². The highest BCUT2D eigenvalue weighted by Crippen LogP contribution is 2.53. The molecule has 1 saturated carbocycles. The van der Waals surface area contributed by atoms with Gasteiger partial charge in [0.15, 0.2) is 0 Å². The quantitative estimate of drug-likeness (QED) is 0.303. The standard InChI is InChI=1S/C25H39NO2SSi2/c1-30(2,3)20-10-7-8-14-22-15-12-18-25-19-13-17-24(28-29(27)26(22)25)23(25)16-9-11-21-31(4,5)6/h7-9,16,22-24H,12-15,17-19H2,1-6H3/b8-7-,16-9-. The largest absolute Gasteiger partial charge is 0.566 e. The van der Waals surface area contributed by atoms with Crippen LogP contribution in [0, 0.1) is 28.8 Å². The van der Waals surface area contributed by atoms with Crippen LogP contribution in [-0.4, -0.2) is 42.7 Å². The van der Waals surface area contributed by atoms with Crippen LogP contribution in [0.4, 0.5) is 0 Å². The summed E-state index contributed by atoms with van der Waals surface area (Å²) in [6, 6.07) is 0.252. The van der Waals surface area contributed by atoms with Crippen LogP contribution >= 0.6 is 0 Å². The van der Waals surface area contributed by atoms with Gasteiger partial charge in [-0.3, -0.25) is 0 Å². The molecule has 170 valence electrons. The molecule has 2 aliphatic heterocycles. The summed E-state index contributed by atoms with van der Waals surface area (Å²) in [4.78, 5) is 0. The maximum atomic E-state index is 13.2. The molecule has 1 aliphatic carbocycles. The molecule has 3 nitrogen and oxygen atoms in total. The minimum absolute atomic E-state index is 0.0488. The van der Waals surface area contributed by atoms with Crippen molar-refractivity contribution in [2.45, 2.75) is 102 Å². The smallest absolute Gasteiger partial charge is 0.217 e. The number of rotatable bonds is 3. The lowest BCUT2D eigenvalue weighted by Gasteiger charge is -2.58. The van der Waals surface area contributed by atoms with Gasteiger partial charge in [0.2, 0.25) is 11.6 Å². The molecule has 3 rings (SSSR count). The van der Waals surface area contributed by atoms with E-state index in [0.717, 1.165) is 38.5 Å². The zero-order valence-electron chi connectivity index (χ0n) is 20.2. The SMILES string of the molecule is C[Si](C)(C)C#C/C=C\CC1CCCC23CCCC(O[S+]([O-])N12)C3/C=C\C#C[Si](C)(C)C. The van der Waals surface area contributed by atoms with Gasteiger partial charge in [-0.05, 0) is 57.1 Å². The third kappa shape index (κ3) is 6.41. The van der Waals surface area contributed by atoms with Crippen LogP contribution in [-0.2, 0) is 15.8 Å². The van der Waals surface area contributed by atoms with Gasteiger partial charge >= 0.3 is 0 Å². The van der Waals surface area contributed by atoms with E-state index in [0.29, 0.717) is 0 Å². The third-order valence-electron chi connectivity index (χ3n) is 6.29. The number of allylic oxidation sites excluding steroid dienone is 2. The van der Waals surface area contributed by atoms with Crippen LogP contribution < -0.4 is 0 Å². The maximum Gasteiger partial charge on any atom is 0.217 e. The van der Waals surface area contributed by atoms with E-state index in [9.17, 15) is 4.55 Å². The molecule has 3 fully saturated rings. The van der Waals surface area contributed by atoms with Gasteiger partial charge in [0.05, 0.1) is 11.6 Å². The molecule has 0 aromatic rings. The Morgan fingerprint density at radius 3 is 2.26 bits per heavy atom. The minimum Gasteiger partial charge on any atom is -0.566 e.